The van der Waals surface area contributed by atoms with Crippen LogP contribution >= 0.6 is 0 Å². The Morgan fingerprint density at radius 2 is 2.25 bits per heavy atom. The SMILES string of the molecule is CC1OCCC1C(=O)NC1CCCC1C#N. The van der Waals surface area contributed by atoms with Gasteiger partial charge in [-0.2, -0.15) is 5.26 Å². The van der Waals surface area contributed by atoms with E-state index in [0.29, 0.717) is 6.61 Å². The van der Waals surface area contributed by atoms with Gasteiger partial charge in [0.2, 0.25) is 5.91 Å². The Morgan fingerprint density at radius 1 is 1.44 bits per heavy atom. The van der Waals surface area contributed by atoms with Crippen molar-refractivity contribution in [3.63, 3.8) is 0 Å². The van der Waals surface area contributed by atoms with Crippen molar-refractivity contribution < 1.29 is 9.53 Å². The van der Waals surface area contributed by atoms with E-state index in [0.717, 1.165) is 25.7 Å². The first kappa shape index (κ1) is 11.4. The van der Waals surface area contributed by atoms with Crippen molar-refractivity contribution in [2.75, 3.05) is 6.61 Å². The van der Waals surface area contributed by atoms with Gasteiger partial charge >= 0.3 is 0 Å². The largest absolute Gasteiger partial charge is 0.378 e. The van der Waals surface area contributed by atoms with E-state index in [1.807, 2.05) is 6.92 Å². The minimum atomic E-state index is -0.0278. The van der Waals surface area contributed by atoms with Crippen LogP contribution < -0.4 is 5.32 Å². The highest BCUT2D eigenvalue weighted by molar-refractivity contribution is 5.79. The van der Waals surface area contributed by atoms with Crippen molar-refractivity contribution in [1.29, 1.82) is 5.26 Å². The molecule has 2 rings (SSSR count). The molecule has 4 unspecified atom stereocenters. The summed E-state index contributed by atoms with van der Waals surface area (Å²) < 4.78 is 5.38. The first-order valence-corrected chi connectivity index (χ1v) is 6.04. The number of nitrogens with one attached hydrogen (secondary N) is 1. The van der Waals surface area contributed by atoms with E-state index in [-0.39, 0.29) is 29.9 Å². The molecule has 1 saturated heterocycles. The van der Waals surface area contributed by atoms with Crippen LogP contribution in [0.4, 0.5) is 0 Å². The lowest BCUT2D eigenvalue weighted by molar-refractivity contribution is -0.127. The number of ether oxygens (including phenoxy) is 1. The summed E-state index contributed by atoms with van der Waals surface area (Å²) in [6.07, 6.45) is 3.71. The third-order valence-electron chi connectivity index (χ3n) is 3.72. The molecule has 0 aromatic carbocycles. The molecule has 4 nitrogen and oxygen atoms in total. The Labute approximate surface area is 96.0 Å². The zero-order valence-electron chi connectivity index (χ0n) is 9.61. The molecule has 0 bridgehead atoms. The van der Waals surface area contributed by atoms with E-state index in [2.05, 4.69) is 11.4 Å². The highest BCUT2D eigenvalue weighted by Crippen LogP contribution is 2.26. The molecule has 1 heterocycles. The van der Waals surface area contributed by atoms with Gasteiger partial charge in [-0.15, -0.1) is 0 Å². The van der Waals surface area contributed by atoms with Gasteiger partial charge in [-0.25, -0.2) is 0 Å². The number of nitriles is 1. The van der Waals surface area contributed by atoms with Crippen molar-refractivity contribution in [3.8, 4) is 6.07 Å². The van der Waals surface area contributed by atoms with Gasteiger partial charge in [0.15, 0.2) is 0 Å². The second kappa shape index (κ2) is 4.84. The normalized spacial score (nSPS) is 38.2. The van der Waals surface area contributed by atoms with E-state index in [9.17, 15) is 4.79 Å². The number of hydrogen-bond acceptors (Lipinski definition) is 3. The van der Waals surface area contributed by atoms with Crippen LogP contribution in [0.25, 0.3) is 0 Å². The fourth-order valence-corrected chi connectivity index (χ4v) is 2.65. The van der Waals surface area contributed by atoms with Crippen LogP contribution in [0.3, 0.4) is 0 Å². The van der Waals surface area contributed by atoms with Crippen LogP contribution in [0.5, 0.6) is 0 Å². The molecule has 0 radical (unpaired) electrons. The Bertz CT molecular complexity index is 311. The number of amides is 1. The molecule has 0 aromatic rings. The van der Waals surface area contributed by atoms with Crippen LogP contribution in [0.2, 0.25) is 0 Å². The summed E-state index contributed by atoms with van der Waals surface area (Å²) in [5.74, 6) is 0.0404. The quantitative estimate of drug-likeness (QED) is 0.764. The molecule has 4 heteroatoms. The predicted molar refractivity (Wildman–Crippen MR) is 58.4 cm³/mol. The number of nitrogens with zero attached hydrogens (tertiary/aromatic N) is 1. The molecule has 2 aliphatic rings. The van der Waals surface area contributed by atoms with E-state index in [1.54, 1.807) is 0 Å². The van der Waals surface area contributed by atoms with E-state index in [4.69, 9.17) is 10.00 Å². The minimum absolute atomic E-state index is 0.00146. The number of rotatable bonds is 2. The molecule has 4 atom stereocenters. The van der Waals surface area contributed by atoms with Crippen molar-refractivity contribution in [3.05, 3.63) is 0 Å². The van der Waals surface area contributed by atoms with Gasteiger partial charge in [0.1, 0.15) is 0 Å². The molecular weight excluding hydrogens is 204 g/mol. The third kappa shape index (κ3) is 2.19. The van der Waals surface area contributed by atoms with E-state index in [1.165, 1.54) is 0 Å². The van der Waals surface area contributed by atoms with Crippen molar-refractivity contribution in [1.82, 2.24) is 5.32 Å². The first-order chi connectivity index (χ1) is 7.72. The lowest BCUT2D eigenvalue weighted by Gasteiger charge is -2.20. The Kier molecular flexibility index (Phi) is 3.45. The van der Waals surface area contributed by atoms with Gasteiger partial charge in [-0.3, -0.25) is 4.79 Å². The maximum absolute atomic E-state index is 12.0. The molecule has 1 amide bonds. The molecule has 88 valence electrons. The average Bonchev–Trinajstić information content (AvgIpc) is 2.86. The van der Waals surface area contributed by atoms with Gasteiger partial charge in [-0.1, -0.05) is 0 Å². The highest BCUT2D eigenvalue weighted by atomic mass is 16.5. The van der Waals surface area contributed by atoms with Gasteiger partial charge in [0.25, 0.3) is 0 Å². The molecule has 1 N–H and O–H groups in total. The zero-order chi connectivity index (χ0) is 11.5. The highest BCUT2D eigenvalue weighted by Gasteiger charge is 2.34. The summed E-state index contributed by atoms with van der Waals surface area (Å²) in [4.78, 5) is 12.0. The molecular formula is C12H18N2O2. The van der Waals surface area contributed by atoms with Crippen molar-refractivity contribution in [2.24, 2.45) is 11.8 Å². The molecule has 2 fully saturated rings. The van der Waals surface area contributed by atoms with Crippen molar-refractivity contribution in [2.45, 2.75) is 44.8 Å². The van der Waals surface area contributed by atoms with Crippen LogP contribution in [0, 0.1) is 23.2 Å². The summed E-state index contributed by atoms with van der Waals surface area (Å²) in [5, 5.41) is 12.0. The lowest BCUT2D eigenvalue weighted by Crippen LogP contribution is -2.42. The summed E-state index contributed by atoms with van der Waals surface area (Å²) in [5.41, 5.74) is 0. The summed E-state index contributed by atoms with van der Waals surface area (Å²) in [7, 11) is 0. The lowest BCUT2D eigenvalue weighted by atomic mass is 9.99. The molecule has 1 aliphatic carbocycles. The van der Waals surface area contributed by atoms with E-state index >= 15 is 0 Å². The fraction of sp³-hybridized carbons (Fsp3) is 0.833. The molecule has 16 heavy (non-hydrogen) atoms. The van der Waals surface area contributed by atoms with E-state index < -0.39 is 0 Å². The standard InChI is InChI=1S/C12H18N2O2/c1-8-10(5-6-16-8)12(15)14-11-4-2-3-9(11)7-13/h8-11H,2-6H2,1H3,(H,14,15). The Morgan fingerprint density at radius 3 is 2.88 bits per heavy atom. The summed E-state index contributed by atoms with van der Waals surface area (Å²) in [6.45, 7) is 2.61. The number of hydrogen-bond donors (Lipinski definition) is 1. The maximum Gasteiger partial charge on any atom is 0.226 e. The van der Waals surface area contributed by atoms with Crippen LogP contribution in [0.15, 0.2) is 0 Å². The zero-order valence-corrected chi connectivity index (χ0v) is 9.61. The van der Waals surface area contributed by atoms with Crippen LogP contribution in [-0.4, -0.2) is 24.7 Å². The third-order valence-corrected chi connectivity index (χ3v) is 3.72. The molecule has 1 saturated carbocycles. The minimum Gasteiger partial charge on any atom is -0.378 e. The topological polar surface area (TPSA) is 62.1 Å². The maximum atomic E-state index is 12.0. The Hall–Kier alpha value is -1.08. The average molecular weight is 222 g/mol. The predicted octanol–water partition coefficient (Wildman–Crippen LogP) is 1.22. The fourth-order valence-electron chi connectivity index (χ4n) is 2.65. The van der Waals surface area contributed by atoms with Crippen molar-refractivity contribution >= 4 is 5.91 Å². The summed E-state index contributed by atoms with van der Waals surface area (Å²) in [6, 6.07) is 2.34. The second-order valence-electron chi connectivity index (χ2n) is 4.75. The summed E-state index contributed by atoms with van der Waals surface area (Å²) >= 11 is 0. The van der Waals surface area contributed by atoms with Crippen LogP contribution in [0.1, 0.15) is 32.6 Å². The molecule has 0 aromatic heterocycles. The van der Waals surface area contributed by atoms with Gasteiger partial charge in [0, 0.05) is 12.6 Å². The molecule has 1 aliphatic heterocycles. The van der Waals surface area contributed by atoms with Crippen LogP contribution in [-0.2, 0) is 9.53 Å². The van der Waals surface area contributed by atoms with Gasteiger partial charge in [0.05, 0.1) is 24.0 Å². The number of carbonyl (C=O) groups excluding carboxylic acids is 1. The van der Waals surface area contributed by atoms with Gasteiger partial charge < -0.3 is 10.1 Å². The number of carbonyl (C=O) groups is 1. The Balaban J connectivity index is 1.89. The second-order valence-corrected chi connectivity index (χ2v) is 4.75. The molecule has 0 spiro atoms. The smallest absolute Gasteiger partial charge is 0.226 e. The monoisotopic (exact) mass is 222 g/mol. The first-order valence-electron chi connectivity index (χ1n) is 6.04. The van der Waals surface area contributed by atoms with Gasteiger partial charge in [-0.05, 0) is 32.6 Å².